The van der Waals surface area contributed by atoms with Crippen LogP contribution in [0.25, 0.3) is 0 Å². The molecule has 0 fully saturated rings. The molecular weight excluding hydrogens is 214 g/mol. The number of phosphoric acid groups is 1. The first-order valence-corrected chi connectivity index (χ1v) is 5.96. The number of phosphoric ester groups is 1. The Kier molecular flexibility index (Phi) is 5.65. The van der Waals surface area contributed by atoms with Gasteiger partial charge in [0.05, 0.1) is 0 Å². The van der Waals surface area contributed by atoms with Gasteiger partial charge in [0.25, 0.3) is 0 Å². The monoisotopic (exact) mass is 228 g/mol. The molecule has 78 valence electrons. The van der Waals surface area contributed by atoms with Crippen molar-refractivity contribution in [2.24, 2.45) is 5.92 Å². The molecule has 6 heteroatoms. The molecule has 0 aromatic rings. The van der Waals surface area contributed by atoms with E-state index in [0.717, 1.165) is 18.4 Å². The Balaban J connectivity index is 4.44. The molecule has 13 heavy (non-hydrogen) atoms. The number of halogens is 1. The average Bonchev–Trinajstić information content (AvgIpc) is 2.02. The van der Waals surface area contributed by atoms with E-state index < -0.39 is 7.82 Å². The van der Waals surface area contributed by atoms with Crippen LogP contribution >= 0.6 is 19.4 Å². The fraction of sp³-hybridized carbons (Fsp3) is 0.714. The second-order valence-corrected chi connectivity index (χ2v) is 3.99. The van der Waals surface area contributed by atoms with Gasteiger partial charge in [0.2, 0.25) is 0 Å². The molecule has 0 heterocycles. The fourth-order valence-electron chi connectivity index (χ4n) is 1.01. The van der Waals surface area contributed by atoms with E-state index in [9.17, 15) is 4.57 Å². The van der Waals surface area contributed by atoms with Crippen LogP contribution in [0.2, 0.25) is 0 Å². The van der Waals surface area contributed by atoms with E-state index in [0.29, 0.717) is 0 Å². The molecule has 0 aliphatic carbocycles. The van der Waals surface area contributed by atoms with E-state index in [2.05, 4.69) is 4.52 Å². The van der Waals surface area contributed by atoms with Crippen molar-refractivity contribution in [1.29, 1.82) is 0 Å². The Morgan fingerprint density at radius 1 is 1.54 bits per heavy atom. The summed E-state index contributed by atoms with van der Waals surface area (Å²) in [7, 11) is -4.47. The molecule has 0 aromatic heterocycles. The maximum Gasteiger partial charge on any atom is 0.524 e. The first-order chi connectivity index (χ1) is 5.94. The Morgan fingerprint density at radius 2 is 2.00 bits per heavy atom. The molecule has 0 spiro atoms. The molecule has 0 saturated carbocycles. The van der Waals surface area contributed by atoms with Gasteiger partial charge in [0, 0.05) is 11.5 Å². The van der Waals surface area contributed by atoms with E-state index in [1.165, 1.54) is 0 Å². The summed E-state index contributed by atoms with van der Waals surface area (Å²) in [6.07, 6.45) is 1.46. The summed E-state index contributed by atoms with van der Waals surface area (Å²) in [6, 6.07) is 0. The van der Waals surface area contributed by atoms with Crippen LogP contribution in [0.1, 0.15) is 26.7 Å². The molecule has 0 aliphatic heterocycles. The zero-order chi connectivity index (χ0) is 10.5. The summed E-state index contributed by atoms with van der Waals surface area (Å²) in [5.41, 5.74) is 1.08. The van der Waals surface area contributed by atoms with Crippen LogP contribution in [0.5, 0.6) is 0 Å². The third-order valence-electron chi connectivity index (χ3n) is 1.72. The van der Waals surface area contributed by atoms with E-state index in [4.69, 9.17) is 21.4 Å². The third-order valence-corrected chi connectivity index (χ3v) is 2.38. The van der Waals surface area contributed by atoms with Gasteiger partial charge < -0.3 is 4.52 Å². The highest BCUT2D eigenvalue weighted by atomic mass is 35.5. The van der Waals surface area contributed by atoms with Crippen molar-refractivity contribution in [3.63, 3.8) is 0 Å². The maximum absolute atomic E-state index is 10.5. The van der Waals surface area contributed by atoms with Gasteiger partial charge in [0.1, 0.15) is 5.76 Å². The third kappa shape index (κ3) is 5.32. The van der Waals surface area contributed by atoms with Crippen LogP contribution < -0.4 is 0 Å². The lowest BCUT2D eigenvalue weighted by atomic mass is 10.0. The van der Waals surface area contributed by atoms with Crippen molar-refractivity contribution in [3.8, 4) is 0 Å². The summed E-state index contributed by atoms with van der Waals surface area (Å²) < 4.78 is 14.9. The number of rotatable bonds is 5. The van der Waals surface area contributed by atoms with Gasteiger partial charge in [-0.15, -0.1) is 0 Å². The van der Waals surface area contributed by atoms with Crippen LogP contribution in [0.15, 0.2) is 11.3 Å². The SMILES string of the molecule is CCC(CC)C(=CCl)OP(=O)(O)O. The molecule has 0 aromatic carbocycles. The second-order valence-electron chi connectivity index (χ2n) is 2.61. The molecule has 0 rings (SSSR count). The topological polar surface area (TPSA) is 66.8 Å². The molecule has 4 nitrogen and oxygen atoms in total. The summed E-state index contributed by atoms with van der Waals surface area (Å²) in [4.78, 5) is 17.1. The Morgan fingerprint density at radius 3 is 2.23 bits per heavy atom. The van der Waals surface area contributed by atoms with Crippen molar-refractivity contribution in [2.45, 2.75) is 26.7 Å². The van der Waals surface area contributed by atoms with Gasteiger partial charge in [-0.1, -0.05) is 25.4 Å². The highest BCUT2D eigenvalue weighted by Gasteiger charge is 2.21. The molecule has 0 amide bonds. The summed E-state index contributed by atoms with van der Waals surface area (Å²) in [5, 5.41) is 0. The highest BCUT2D eigenvalue weighted by molar-refractivity contribution is 7.46. The van der Waals surface area contributed by atoms with Crippen LogP contribution in [-0.2, 0) is 9.09 Å². The van der Waals surface area contributed by atoms with Crippen molar-refractivity contribution in [3.05, 3.63) is 11.3 Å². The van der Waals surface area contributed by atoms with Crippen molar-refractivity contribution in [1.82, 2.24) is 0 Å². The van der Waals surface area contributed by atoms with Crippen LogP contribution in [0.4, 0.5) is 0 Å². The largest absolute Gasteiger partial charge is 0.524 e. The zero-order valence-electron chi connectivity index (χ0n) is 7.61. The molecular formula is C7H14ClO4P. The van der Waals surface area contributed by atoms with Gasteiger partial charge in [0.15, 0.2) is 0 Å². The standard InChI is InChI=1S/C7H14ClO4P/c1-3-6(4-2)7(5-8)12-13(9,10)11/h5-6H,3-4H2,1-2H3,(H2,9,10,11). The smallest absolute Gasteiger partial charge is 0.408 e. The Hall–Kier alpha value is -0.0200. The average molecular weight is 229 g/mol. The molecule has 0 radical (unpaired) electrons. The Labute approximate surface area is 82.8 Å². The normalized spacial score (nSPS) is 13.5. The predicted molar refractivity (Wildman–Crippen MR) is 51.1 cm³/mol. The van der Waals surface area contributed by atoms with Crippen molar-refractivity contribution in [2.75, 3.05) is 0 Å². The minimum Gasteiger partial charge on any atom is -0.408 e. The second kappa shape index (κ2) is 5.66. The maximum atomic E-state index is 10.5. The minimum absolute atomic E-state index is 0.0369. The van der Waals surface area contributed by atoms with Crippen molar-refractivity contribution < 1.29 is 18.9 Å². The molecule has 0 aliphatic rings. The quantitative estimate of drug-likeness (QED) is 0.561. The van der Waals surface area contributed by atoms with Gasteiger partial charge >= 0.3 is 7.82 Å². The van der Waals surface area contributed by atoms with Gasteiger partial charge in [-0.2, -0.15) is 0 Å². The number of allylic oxidation sites excluding steroid dienone is 1. The molecule has 0 bridgehead atoms. The molecule has 0 saturated heterocycles. The number of hydrogen-bond acceptors (Lipinski definition) is 2. The lowest BCUT2D eigenvalue weighted by molar-refractivity contribution is 0.218. The van der Waals surface area contributed by atoms with E-state index >= 15 is 0 Å². The van der Waals surface area contributed by atoms with E-state index in [1.54, 1.807) is 0 Å². The zero-order valence-corrected chi connectivity index (χ0v) is 9.26. The minimum atomic E-state index is -4.47. The highest BCUT2D eigenvalue weighted by Crippen LogP contribution is 2.42. The van der Waals surface area contributed by atoms with Gasteiger partial charge in [-0.3, -0.25) is 9.79 Å². The van der Waals surface area contributed by atoms with E-state index in [-0.39, 0.29) is 11.7 Å². The summed E-state index contributed by atoms with van der Waals surface area (Å²) in [5.74, 6) is 0.116. The molecule has 0 unspecified atom stereocenters. The summed E-state index contributed by atoms with van der Waals surface area (Å²) >= 11 is 5.40. The van der Waals surface area contributed by atoms with Crippen LogP contribution in [0.3, 0.4) is 0 Å². The Bertz CT molecular complexity index is 219. The first-order valence-electron chi connectivity index (χ1n) is 4.00. The lowest BCUT2D eigenvalue weighted by Crippen LogP contribution is -2.03. The van der Waals surface area contributed by atoms with Gasteiger partial charge in [-0.05, 0) is 12.8 Å². The van der Waals surface area contributed by atoms with E-state index in [1.807, 2.05) is 13.8 Å². The molecule has 2 N–H and O–H groups in total. The van der Waals surface area contributed by atoms with Crippen molar-refractivity contribution >= 4 is 19.4 Å². The lowest BCUT2D eigenvalue weighted by Gasteiger charge is -2.17. The summed E-state index contributed by atoms with van der Waals surface area (Å²) in [6.45, 7) is 3.80. The first kappa shape index (κ1) is 13.0. The van der Waals surface area contributed by atoms with Crippen LogP contribution in [-0.4, -0.2) is 9.79 Å². The van der Waals surface area contributed by atoms with Crippen LogP contribution in [0, 0.1) is 5.92 Å². The predicted octanol–water partition coefficient (Wildman–Crippen LogP) is 2.61. The number of hydrogen-bond donors (Lipinski definition) is 2. The molecule has 0 atom stereocenters. The van der Waals surface area contributed by atoms with Gasteiger partial charge in [-0.25, -0.2) is 4.57 Å². The fourth-order valence-corrected chi connectivity index (χ4v) is 1.77.